The van der Waals surface area contributed by atoms with Crippen molar-refractivity contribution in [2.45, 2.75) is 6.92 Å². The minimum absolute atomic E-state index is 0.192. The molecule has 0 fully saturated rings. The van der Waals surface area contributed by atoms with Gasteiger partial charge in [0.1, 0.15) is 0 Å². The Kier molecular flexibility index (Phi) is 8.48. The van der Waals surface area contributed by atoms with Crippen LogP contribution in [-0.4, -0.2) is 59.5 Å². The van der Waals surface area contributed by atoms with Crippen molar-refractivity contribution in [3.63, 3.8) is 0 Å². The van der Waals surface area contributed by atoms with Crippen LogP contribution in [-0.2, 0) is 0 Å². The maximum Gasteiger partial charge on any atom is 0.197 e. The molecule has 2 heterocycles. The van der Waals surface area contributed by atoms with Crippen molar-refractivity contribution in [1.29, 1.82) is 0 Å². The molecule has 2 N–H and O–H groups in total. The van der Waals surface area contributed by atoms with E-state index in [-0.39, 0.29) is 13.2 Å². The van der Waals surface area contributed by atoms with Crippen LogP contribution in [0.4, 0.5) is 5.88 Å². The number of rotatable bonds is 11. The van der Waals surface area contributed by atoms with E-state index >= 15 is 0 Å². The first kappa shape index (κ1) is 19.7. The molecule has 2 aromatic rings. The highest BCUT2D eigenvalue weighted by molar-refractivity contribution is 7.99. The van der Waals surface area contributed by atoms with E-state index in [4.69, 9.17) is 31.3 Å². The van der Waals surface area contributed by atoms with Crippen molar-refractivity contribution in [3.05, 3.63) is 22.4 Å². The SMILES string of the molecule is Cc1coc2c(=S)cc(N(CCSCCO)CCSCCO)oc12. The maximum atomic E-state index is 8.91. The van der Waals surface area contributed by atoms with E-state index in [0.717, 1.165) is 47.5 Å². The second-order valence-electron chi connectivity index (χ2n) is 5.18. The molecular weight excluding hydrogens is 366 g/mol. The van der Waals surface area contributed by atoms with E-state index in [1.165, 1.54) is 0 Å². The highest BCUT2D eigenvalue weighted by Gasteiger charge is 2.14. The Morgan fingerprint density at radius 1 is 1.04 bits per heavy atom. The minimum atomic E-state index is 0.192. The molecule has 0 saturated carbocycles. The van der Waals surface area contributed by atoms with Gasteiger partial charge in [-0.3, -0.25) is 0 Å². The Morgan fingerprint density at radius 2 is 1.67 bits per heavy atom. The summed E-state index contributed by atoms with van der Waals surface area (Å²) in [7, 11) is 0. The summed E-state index contributed by atoms with van der Waals surface area (Å²) in [5.41, 5.74) is 2.26. The van der Waals surface area contributed by atoms with Gasteiger partial charge in [-0.05, 0) is 6.92 Å². The first-order chi connectivity index (χ1) is 11.7. The van der Waals surface area contributed by atoms with E-state index in [1.54, 1.807) is 29.8 Å². The molecule has 0 aliphatic carbocycles. The highest BCUT2D eigenvalue weighted by Crippen LogP contribution is 2.28. The predicted molar refractivity (Wildman–Crippen MR) is 105 cm³/mol. The molecule has 134 valence electrons. The summed E-state index contributed by atoms with van der Waals surface area (Å²) >= 11 is 8.84. The average Bonchev–Trinajstić information content (AvgIpc) is 2.95. The molecule has 0 spiro atoms. The smallest absolute Gasteiger partial charge is 0.197 e. The van der Waals surface area contributed by atoms with Gasteiger partial charge >= 0.3 is 0 Å². The van der Waals surface area contributed by atoms with Gasteiger partial charge < -0.3 is 23.9 Å². The first-order valence-corrected chi connectivity index (χ1v) is 10.5. The lowest BCUT2D eigenvalue weighted by molar-refractivity contribution is 0.322. The van der Waals surface area contributed by atoms with Gasteiger partial charge in [0.15, 0.2) is 17.1 Å². The van der Waals surface area contributed by atoms with E-state index in [1.807, 2.05) is 13.0 Å². The Labute approximate surface area is 155 Å². The van der Waals surface area contributed by atoms with Crippen molar-refractivity contribution in [3.8, 4) is 0 Å². The number of anilines is 1. The molecule has 24 heavy (non-hydrogen) atoms. The molecule has 2 rings (SSSR count). The zero-order chi connectivity index (χ0) is 17.4. The van der Waals surface area contributed by atoms with Crippen LogP contribution in [0.1, 0.15) is 5.56 Å². The minimum Gasteiger partial charge on any atom is -0.459 e. The molecule has 0 radical (unpaired) electrons. The molecule has 0 aliphatic heterocycles. The summed E-state index contributed by atoms with van der Waals surface area (Å²) in [4.78, 5) is 2.16. The topological polar surface area (TPSA) is 70.0 Å². The highest BCUT2D eigenvalue weighted by atomic mass is 32.2. The second-order valence-corrected chi connectivity index (χ2v) is 8.07. The van der Waals surface area contributed by atoms with E-state index < -0.39 is 0 Å². The molecule has 0 aromatic carbocycles. The van der Waals surface area contributed by atoms with Crippen molar-refractivity contribution in [2.75, 3.05) is 54.2 Å². The maximum absolute atomic E-state index is 8.91. The lowest BCUT2D eigenvalue weighted by atomic mass is 10.3. The molecule has 0 unspecified atom stereocenters. The molecule has 0 saturated heterocycles. The number of aliphatic hydroxyl groups excluding tert-OH is 2. The standard InChI is InChI=1S/C16H23NO4S3/c1-12-11-20-16-13(22)10-14(21-15(12)16)17(2-6-23-8-4-18)3-7-24-9-5-19/h10-11,18-19H,2-9H2,1H3. The summed E-state index contributed by atoms with van der Waals surface area (Å²) in [5.74, 6) is 4.00. The molecular formula is C16H23NO4S3. The Hall–Kier alpha value is -0.670. The van der Waals surface area contributed by atoms with E-state index in [9.17, 15) is 0 Å². The lowest BCUT2D eigenvalue weighted by Gasteiger charge is -2.23. The Balaban J connectivity index is 2.14. The quantitative estimate of drug-likeness (QED) is 0.448. The van der Waals surface area contributed by atoms with E-state index in [0.29, 0.717) is 15.7 Å². The summed E-state index contributed by atoms with van der Waals surface area (Å²) < 4.78 is 12.1. The van der Waals surface area contributed by atoms with Crippen LogP contribution >= 0.6 is 35.7 Å². The number of furan rings is 1. The van der Waals surface area contributed by atoms with Crippen LogP contribution < -0.4 is 4.90 Å². The third kappa shape index (κ3) is 5.42. The van der Waals surface area contributed by atoms with Crippen molar-refractivity contribution in [1.82, 2.24) is 0 Å². The normalized spacial score (nSPS) is 11.3. The summed E-state index contributed by atoms with van der Waals surface area (Å²) in [6.45, 7) is 3.94. The van der Waals surface area contributed by atoms with Crippen LogP contribution in [0.25, 0.3) is 11.2 Å². The molecule has 5 nitrogen and oxygen atoms in total. The zero-order valence-electron chi connectivity index (χ0n) is 13.7. The van der Waals surface area contributed by atoms with Crippen molar-refractivity contribution >= 4 is 52.8 Å². The van der Waals surface area contributed by atoms with Crippen LogP contribution in [0.15, 0.2) is 21.2 Å². The van der Waals surface area contributed by atoms with Crippen LogP contribution in [0.2, 0.25) is 0 Å². The molecule has 8 heteroatoms. The van der Waals surface area contributed by atoms with Gasteiger partial charge in [0.05, 0.1) is 24.0 Å². The number of nitrogens with zero attached hydrogens (tertiary/aromatic N) is 1. The fraction of sp³-hybridized carbons (Fsp3) is 0.562. The average molecular weight is 390 g/mol. The number of hydrogen-bond donors (Lipinski definition) is 2. The van der Waals surface area contributed by atoms with Gasteiger partial charge in [0.2, 0.25) is 0 Å². The number of thioether (sulfide) groups is 2. The van der Waals surface area contributed by atoms with Crippen LogP contribution in [0, 0.1) is 11.4 Å². The molecule has 0 amide bonds. The zero-order valence-corrected chi connectivity index (χ0v) is 16.1. The number of aryl methyl sites for hydroxylation is 1. The van der Waals surface area contributed by atoms with Gasteiger partial charge in [-0.25, -0.2) is 0 Å². The van der Waals surface area contributed by atoms with Crippen LogP contribution in [0.5, 0.6) is 0 Å². The summed E-state index contributed by atoms with van der Waals surface area (Å²) in [6, 6.07) is 1.84. The third-order valence-electron chi connectivity index (χ3n) is 3.40. The van der Waals surface area contributed by atoms with Gasteiger partial charge in [-0.15, -0.1) is 0 Å². The lowest BCUT2D eigenvalue weighted by Crippen LogP contribution is -2.28. The van der Waals surface area contributed by atoms with Gasteiger partial charge in [-0.2, -0.15) is 23.5 Å². The second kappa shape index (κ2) is 10.4. The largest absolute Gasteiger partial charge is 0.459 e. The van der Waals surface area contributed by atoms with E-state index in [2.05, 4.69) is 4.90 Å². The first-order valence-electron chi connectivity index (χ1n) is 7.81. The van der Waals surface area contributed by atoms with Crippen molar-refractivity contribution in [2.24, 2.45) is 0 Å². The molecule has 2 aromatic heterocycles. The fourth-order valence-corrected chi connectivity index (χ4v) is 3.82. The van der Waals surface area contributed by atoms with Crippen molar-refractivity contribution < 1.29 is 19.0 Å². The Morgan fingerprint density at radius 3 is 2.25 bits per heavy atom. The van der Waals surface area contributed by atoms with Gasteiger partial charge in [-0.1, -0.05) is 12.2 Å². The monoisotopic (exact) mass is 389 g/mol. The predicted octanol–water partition coefficient (Wildman–Crippen LogP) is 3.32. The summed E-state index contributed by atoms with van der Waals surface area (Å²) in [6.07, 6.45) is 1.66. The number of fused-ring (bicyclic) bond motifs is 1. The number of aliphatic hydroxyl groups is 2. The molecule has 0 bridgehead atoms. The van der Waals surface area contributed by atoms with Crippen LogP contribution in [0.3, 0.4) is 0 Å². The fourth-order valence-electron chi connectivity index (χ4n) is 2.21. The van der Waals surface area contributed by atoms with Gasteiger partial charge in [0, 0.05) is 47.7 Å². The molecule has 0 aliphatic rings. The number of hydrogen-bond acceptors (Lipinski definition) is 8. The molecule has 0 atom stereocenters. The Bertz CT molecular complexity index is 674. The third-order valence-corrected chi connectivity index (χ3v) is 5.59. The van der Waals surface area contributed by atoms with Gasteiger partial charge in [0.25, 0.3) is 0 Å². The summed E-state index contributed by atoms with van der Waals surface area (Å²) in [5, 5.41) is 17.8.